The van der Waals surface area contributed by atoms with E-state index < -0.39 is 0 Å². The quantitative estimate of drug-likeness (QED) is 0.653. The van der Waals surface area contributed by atoms with Crippen molar-refractivity contribution in [2.24, 2.45) is 0 Å². The molecule has 0 aliphatic heterocycles. The highest BCUT2D eigenvalue weighted by atomic mass is 16.5. The molecule has 0 aliphatic rings. The first-order valence-electron chi connectivity index (χ1n) is 7.43. The molecule has 2 rings (SSSR count). The Labute approximate surface area is 122 Å². The largest absolute Gasteiger partial charge is 0.377 e. The second-order valence-corrected chi connectivity index (χ2v) is 5.48. The zero-order chi connectivity index (χ0) is 14.2. The lowest BCUT2D eigenvalue weighted by atomic mass is 10.1. The van der Waals surface area contributed by atoms with Gasteiger partial charge in [-0.2, -0.15) is 0 Å². The third kappa shape index (κ3) is 5.18. The number of rotatable bonds is 7. The summed E-state index contributed by atoms with van der Waals surface area (Å²) < 4.78 is 5.72. The fourth-order valence-corrected chi connectivity index (χ4v) is 2.16. The molecule has 0 aliphatic carbocycles. The van der Waals surface area contributed by atoms with Gasteiger partial charge >= 0.3 is 0 Å². The van der Waals surface area contributed by atoms with Gasteiger partial charge in [0.25, 0.3) is 0 Å². The number of hydrogen-bond acceptors (Lipinski definition) is 1. The van der Waals surface area contributed by atoms with Crippen molar-refractivity contribution in [3.63, 3.8) is 0 Å². The van der Waals surface area contributed by atoms with Crippen LogP contribution in [0, 0.1) is 13.8 Å². The zero-order valence-electron chi connectivity index (χ0n) is 12.6. The Bertz CT molecular complexity index is 447. The average molecular weight is 268 g/mol. The Balaban J connectivity index is 1.57. The van der Waals surface area contributed by atoms with Crippen molar-refractivity contribution >= 4 is 0 Å². The van der Waals surface area contributed by atoms with Crippen LogP contribution in [-0.4, -0.2) is 6.61 Å². The zero-order valence-corrected chi connectivity index (χ0v) is 12.6. The maximum Gasteiger partial charge on any atom is 0.0716 e. The molecule has 0 spiro atoms. The summed E-state index contributed by atoms with van der Waals surface area (Å²) in [6, 6.07) is 17.4. The van der Waals surface area contributed by atoms with Crippen molar-refractivity contribution < 1.29 is 4.74 Å². The molecule has 0 amide bonds. The Morgan fingerprint density at radius 2 is 1.25 bits per heavy atom. The summed E-state index contributed by atoms with van der Waals surface area (Å²) in [6.45, 7) is 5.81. The Morgan fingerprint density at radius 3 is 1.85 bits per heavy atom. The van der Waals surface area contributed by atoms with Crippen LogP contribution in [0.25, 0.3) is 0 Å². The van der Waals surface area contributed by atoms with Gasteiger partial charge in [0.1, 0.15) is 0 Å². The Hall–Kier alpha value is -1.60. The molecule has 0 heterocycles. The molecule has 20 heavy (non-hydrogen) atoms. The second-order valence-electron chi connectivity index (χ2n) is 5.48. The van der Waals surface area contributed by atoms with Gasteiger partial charge in [0.15, 0.2) is 0 Å². The lowest BCUT2D eigenvalue weighted by Gasteiger charge is -2.05. The average Bonchev–Trinajstić information content (AvgIpc) is 2.46. The summed E-state index contributed by atoms with van der Waals surface area (Å²) >= 11 is 0. The molecule has 2 aromatic carbocycles. The van der Waals surface area contributed by atoms with Gasteiger partial charge in [-0.05, 0) is 44.2 Å². The minimum Gasteiger partial charge on any atom is -0.377 e. The van der Waals surface area contributed by atoms with Crippen molar-refractivity contribution in [1.82, 2.24) is 0 Å². The van der Waals surface area contributed by atoms with Crippen LogP contribution in [-0.2, 0) is 17.8 Å². The van der Waals surface area contributed by atoms with E-state index >= 15 is 0 Å². The maximum atomic E-state index is 5.72. The predicted molar refractivity (Wildman–Crippen MR) is 85.0 cm³/mol. The molecule has 0 bridgehead atoms. The molecule has 2 aromatic rings. The van der Waals surface area contributed by atoms with Crippen LogP contribution < -0.4 is 0 Å². The molecule has 0 saturated heterocycles. The lowest BCUT2D eigenvalue weighted by Crippen LogP contribution is -1.96. The molecule has 0 atom stereocenters. The summed E-state index contributed by atoms with van der Waals surface area (Å²) in [7, 11) is 0. The first-order chi connectivity index (χ1) is 9.74. The number of benzene rings is 2. The van der Waals surface area contributed by atoms with Gasteiger partial charge in [-0.15, -0.1) is 0 Å². The predicted octanol–water partition coefficient (Wildman–Crippen LogP) is 4.84. The van der Waals surface area contributed by atoms with E-state index in [-0.39, 0.29) is 0 Å². The topological polar surface area (TPSA) is 9.23 Å². The number of hydrogen-bond donors (Lipinski definition) is 0. The molecule has 1 heteroatoms. The first-order valence-corrected chi connectivity index (χ1v) is 7.43. The van der Waals surface area contributed by atoms with E-state index in [1.54, 1.807) is 0 Å². The highest BCUT2D eigenvalue weighted by Crippen LogP contribution is 2.08. The van der Waals surface area contributed by atoms with E-state index in [1.807, 2.05) is 0 Å². The van der Waals surface area contributed by atoms with Gasteiger partial charge < -0.3 is 4.74 Å². The summed E-state index contributed by atoms with van der Waals surface area (Å²) in [5.41, 5.74) is 5.31. The van der Waals surface area contributed by atoms with Crippen molar-refractivity contribution in [2.75, 3.05) is 6.61 Å². The maximum absolute atomic E-state index is 5.72. The van der Waals surface area contributed by atoms with Gasteiger partial charge in [0, 0.05) is 6.61 Å². The van der Waals surface area contributed by atoms with Crippen molar-refractivity contribution in [3.8, 4) is 0 Å². The van der Waals surface area contributed by atoms with Gasteiger partial charge in [-0.1, -0.05) is 59.7 Å². The van der Waals surface area contributed by atoms with Crippen LogP contribution in [0.2, 0.25) is 0 Å². The van der Waals surface area contributed by atoms with E-state index in [9.17, 15) is 0 Å². The van der Waals surface area contributed by atoms with Gasteiger partial charge in [0.2, 0.25) is 0 Å². The molecule has 0 saturated carbocycles. The molecule has 0 fully saturated rings. The summed E-state index contributed by atoms with van der Waals surface area (Å²) in [6.07, 6.45) is 3.46. The molecular weight excluding hydrogens is 244 g/mol. The number of unbranched alkanes of at least 4 members (excludes halogenated alkanes) is 1. The Morgan fingerprint density at radius 1 is 0.700 bits per heavy atom. The summed E-state index contributed by atoms with van der Waals surface area (Å²) in [4.78, 5) is 0. The van der Waals surface area contributed by atoms with Crippen molar-refractivity contribution in [3.05, 3.63) is 70.8 Å². The fraction of sp³-hybridized carbons (Fsp3) is 0.368. The molecule has 0 unspecified atom stereocenters. The van der Waals surface area contributed by atoms with Crippen LogP contribution in [0.15, 0.2) is 48.5 Å². The SMILES string of the molecule is Cc1ccc(CCCCOCc2ccc(C)cc2)cc1. The Kier molecular flexibility index (Phi) is 5.82. The van der Waals surface area contributed by atoms with Crippen molar-refractivity contribution in [2.45, 2.75) is 39.7 Å². The summed E-state index contributed by atoms with van der Waals surface area (Å²) in [5.74, 6) is 0. The van der Waals surface area contributed by atoms with Crippen LogP contribution in [0.3, 0.4) is 0 Å². The fourth-order valence-electron chi connectivity index (χ4n) is 2.16. The highest BCUT2D eigenvalue weighted by molar-refractivity contribution is 5.21. The molecule has 1 nitrogen and oxygen atoms in total. The molecule has 106 valence electrons. The highest BCUT2D eigenvalue weighted by Gasteiger charge is 1.95. The minimum absolute atomic E-state index is 0.727. The second kappa shape index (κ2) is 7.86. The van der Waals surface area contributed by atoms with Crippen LogP contribution in [0.1, 0.15) is 35.1 Å². The standard InChI is InChI=1S/C19H24O/c1-16-6-10-18(11-7-16)5-3-4-14-20-15-19-12-8-17(2)9-13-19/h6-13H,3-5,14-15H2,1-2H3. The first kappa shape index (κ1) is 14.8. The third-order valence-electron chi connectivity index (χ3n) is 3.51. The lowest BCUT2D eigenvalue weighted by molar-refractivity contribution is 0.117. The molecular formula is C19H24O. The molecule has 0 N–H and O–H groups in total. The monoisotopic (exact) mass is 268 g/mol. The van der Waals surface area contributed by atoms with E-state index in [1.165, 1.54) is 28.7 Å². The normalized spacial score (nSPS) is 10.7. The minimum atomic E-state index is 0.727. The number of ether oxygens (including phenoxy) is 1. The van der Waals surface area contributed by atoms with Gasteiger partial charge in [-0.25, -0.2) is 0 Å². The number of aryl methyl sites for hydroxylation is 3. The van der Waals surface area contributed by atoms with Gasteiger partial charge in [-0.3, -0.25) is 0 Å². The van der Waals surface area contributed by atoms with E-state index in [4.69, 9.17) is 4.74 Å². The third-order valence-corrected chi connectivity index (χ3v) is 3.51. The van der Waals surface area contributed by atoms with Crippen LogP contribution in [0.5, 0.6) is 0 Å². The van der Waals surface area contributed by atoms with Gasteiger partial charge in [0.05, 0.1) is 6.61 Å². The molecule has 0 radical (unpaired) electrons. The van der Waals surface area contributed by atoms with Crippen LogP contribution in [0.4, 0.5) is 0 Å². The van der Waals surface area contributed by atoms with E-state index in [0.717, 1.165) is 26.1 Å². The van der Waals surface area contributed by atoms with Crippen LogP contribution >= 0.6 is 0 Å². The smallest absolute Gasteiger partial charge is 0.0716 e. The molecule has 0 aromatic heterocycles. The van der Waals surface area contributed by atoms with E-state index in [0.29, 0.717) is 0 Å². The summed E-state index contributed by atoms with van der Waals surface area (Å²) in [5, 5.41) is 0. The van der Waals surface area contributed by atoms with Crippen molar-refractivity contribution in [1.29, 1.82) is 0 Å². The van der Waals surface area contributed by atoms with E-state index in [2.05, 4.69) is 62.4 Å².